The zero-order valence-electron chi connectivity index (χ0n) is 14.5. The van der Waals surface area contributed by atoms with Gasteiger partial charge in [-0.05, 0) is 23.6 Å². The average Bonchev–Trinajstić information content (AvgIpc) is 2.69. The van der Waals surface area contributed by atoms with Crippen molar-refractivity contribution in [3.05, 3.63) is 63.7 Å². The summed E-state index contributed by atoms with van der Waals surface area (Å²) in [5.74, 6) is -0.233. The number of non-ortho nitro benzene ring substituents is 1. The van der Waals surface area contributed by atoms with Crippen molar-refractivity contribution in [1.29, 1.82) is 0 Å². The Morgan fingerprint density at radius 3 is 2.74 bits per heavy atom. The molecular weight excluding hydrogens is 350 g/mol. The highest BCUT2D eigenvalue weighted by Gasteiger charge is 2.31. The molecule has 0 fully saturated rings. The van der Waals surface area contributed by atoms with E-state index in [1.54, 1.807) is 4.90 Å². The molecule has 2 aromatic carbocycles. The summed E-state index contributed by atoms with van der Waals surface area (Å²) in [7, 11) is 0. The van der Waals surface area contributed by atoms with E-state index >= 15 is 0 Å². The Labute approximate surface area is 155 Å². The number of nitro benzene ring substituents is 1. The minimum atomic E-state index is -0.541. The molecule has 0 N–H and O–H groups in total. The van der Waals surface area contributed by atoms with Crippen LogP contribution in [0, 0.1) is 10.1 Å². The van der Waals surface area contributed by atoms with Gasteiger partial charge in [-0.15, -0.1) is 0 Å². The lowest BCUT2D eigenvalue weighted by Gasteiger charge is -2.33. The summed E-state index contributed by atoms with van der Waals surface area (Å²) in [4.78, 5) is 38.6. The van der Waals surface area contributed by atoms with Crippen LogP contribution in [0.15, 0.2) is 42.5 Å². The highest BCUT2D eigenvalue weighted by molar-refractivity contribution is 6.02. The molecule has 0 saturated carbocycles. The number of carbonyl (C=O) groups is 2. The minimum Gasteiger partial charge on any atom is -0.482 e. The molecule has 0 radical (unpaired) electrons. The normalized spacial score (nSPS) is 15.6. The van der Waals surface area contributed by atoms with Crippen molar-refractivity contribution in [2.24, 2.45) is 0 Å². The van der Waals surface area contributed by atoms with E-state index < -0.39 is 10.8 Å². The van der Waals surface area contributed by atoms with Crippen molar-refractivity contribution in [2.45, 2.75) is 13.0 Å². The molecule has 2 amide bonds. The van der Waals surface area contributed by atoms with Gasteiger partial charge in [0.05, 0.1) is 10.6 Å². The van der Waals surface area contributed by atoms with Gasteiger partial charge in [0.25, 0.3) is 11.6 Å². The van der Waals surface area contributed by atoms with Gasteiger partial charge in [-0.25, -0.2) is 0 Å². The molecule has 8 heteroatoms. The number of anilines is 1. The van der Waals surface area contributed by atoms with Gasteiger partial charge < -0.3 is 9.64 Å². The Hall–Kier alpha value is -3.42. The van der Waals surface area contributed by atoms with E-state index in [0.29, 0.717) is 18.8 Å². The number of fused-ring (bicyclic) bond motifs is 2. The maximum Gasteiger partial charge on any atom is 0.271 e. The molecule has 138 valence electrons. The van der Waals surface area contributed by atoms with Gasteiger partial charge in [-0.2, -0.15) is 0 Å². The van der Waals surface area contributed by atoms with Crippen LogP contribution in [-0.2, 0) is 22.6 Å². The van der Waals surface area contributed by atoms with Gasteiger partial charge >= 0.3 is 0 Å². The van der Waals surface area contributed by atoms with Gasteiger partial charge in [0, 0.05) is 25.2 Å². The molecule has 2 heterocycles. The van der Waals surface area contributed by atoms with Crippen molar-refractivity contribution in [3.63, 3.8) is 0 Å². The molecular formula is C19H17N3O5. The van der Waals surface area contributed by atoms with Crippen LogP contribution >= 0.6 is 0 Å². The first kappa shape index (κ1) is 17.0. The highest BCUT2D eigenvalue weighted by atomic mass is 16.6. The first-order valence-electron chi connectivity index (χ1n) is 8.59. The van der Waals surface area contributed by atoms with Crippen LogP contribution in [0.2, 0.25) is 0 Å². The van der Waals surface area contributed by atoms with Crippen LogP contribution in [0.25, 0.3) is 0 Å². The fourth-order valence-electron chi connectivity index (χ4n) is 3.42. The summed E-state index contributed by atoms with van der Waals surface area (Å²) >= 11 is 0. The Morgan fingerprint density at radius 2 is 1.96 bits per heavy atom. The van der Waals surface area contributed by atoms with Gasteiger partial charge in [0.2, 0.25) is 5.91 Å². The molecule has 27 heavy (non-hydrogen) atoms. The molecule has 2 aromatic rings. The zero-order chi connectivity index (χ0) is 19.0. The van der Waals surface area contributed by atoms with Crippen LogP contribution in [0.4, 0.5) is 11.4 Å². The van der Waals surface area contributed by atoms with E-state index in [4.69, 9.17) is 4.74 Å². The molecule has 0 aliphatic carbocycles. The molecule has 0 aromatic heterocycles. The number of ether oxygens (including phenoxy) is 1. The standard InChI is InChI=1S/C19H17N3O5/c23-18(20-8-7-13-3-1-2-4-14(13)10-20)11-21-16-9-15(22(25)26)5-6-17(16)27-12-19(21)24/h1-6,9H,7-8,10-12H2. The summed E-state index contributed by atoms with van der Waals surface area (Å²) in [5, 5.41) is 11.0. The van der Waals surface area contributed by atoms with Crippen molar-refractivity contribution in [2.75, 3.05) is 24.6 Å². The lowest BCUT2D eigenvalue weighted by Crippen LogP contribution is -2.47. The predicted octanol–water partition coefficient (Wildman–Crippen LogP) is 1.91. The van der Waals surface area contributed by atoms with Gasteiger partial charge in [-0.1, -0.05) is 24.3 Å². The van der Waals surface area contributed by atoms with Crippen LogP contribution in [0.5, 0.6) is 5.75 Å². The number of carbonyl (C=O) groups excluding carboxylic acids is 2. The number of nitrogens with zero attached hydrogens (tertiary/aromatic N) is 3. The Balaban J connectivity index is 1.56. The quantitative estimate of drug-likeness (QED) is 0.610. The maximum atomic E-state index is 12.8. The molecule has 0 atom stereocenters. The third kappa shape index (κ3) is 3.21. The van der Waals surface area contributed by atoms with Crippen molar-refractivity contribution in [1.82, 2.24) is 4.90 Å². The number of rotatable bonds is 3. The molecule has 2 aliphatic rings. The number of nitro groups is 1. The van der Waals surface area contributed by atoms with Gasteiger partial charge in [0.1, 0.15) is 12.3 Å². The molecule has 8 nitrogen and oxygen atoms in total. The lowest BCUT2D eigenvalue weighted by molar-refractivity contribution is -0.384. The molecule has 2 aliphatic heterocycles. The first-order chi connectivity index (χ1) is 13.0. The van der Waals surface area contributed by atoms with Crippen LogP contribution in [0.1, 0.15) is 11.1 Å². The second kappa shape index (κ2) is 6.71. The fraction of sp³-hybridized carbons (Fsp3) is 0.263. The number of hydrogen-bond donors (Lipinski definition) is 0. The summed E-state index contributed by atoms with van der Waals surface area (Å²) < 4.78 is 5.34. The van der Waals surface area contributed by atoms with Crippen LogP contribution < -0.4 is 9.64 Å². The van der Waals surface area contributed by atoms with E-state index in [-0.39, 0.29) is 30.4 Å². The van der Waals surface area contributed by atoms with Gasteiger partial charge in [-0.3, -0.25) is 24.6 Å². The number of hydrogen-bond acceptors (Lipinski definition) is 5. The Kier molecular flexibility index (Phi) is 4.23. The Bertz CT molecular complexity index is 943. The topological polar surface area (TPSA) is 93.0 Å². The van der Waals surface area contributed by atoms with Gasteiger partial charge in [0.15, 0.2) is 6.61 Å². The maximum absolute atomic E-state index is 12.8. The summed E-state index contributed by atoms with van der Waals surface area (Å²) in [5.41, 5.74) is 2.43. The SMILES string of the molecule is O=C(CN1C(=O)COc2ccc([N+](=O)[O-])cc21)N1CCc2ccccc2C1. The summed E-state index contributed by atoms with van der Waals surface area (Å²) in [6.45, 7) is 0.713. The minimum absolute atomic E-state index is 0.156. The molecule has 0 saturated heterocycles. The van der Waals surface area contributed by atoms with Crippen molar-refractivity contribution >= 4 is 23.2 Å². The molecule has 0 spiro atoms. The predicted molar refractivity (Wildman–Crippen MR) is 96.5 cm³/mol. The van der Waals surface area contributed by atoms with E-state index in [2.05, 4.69) is 6.07 Å². The third-order valence-corrected chi connectivity index (χ3v) is 4.87. The second-order valence-electron chi connectivity index (χ2n) is 6.51. The Morgan fingerprint density at radius 1 is 1.19 bits per heavy atom. The largest absolute Gasteiger partial charge is 0.482 e. The monoisotopic (exact) mass is 367 g/mol. The zero-order valence-corrected chi connectivity index (χ0v) is 14.5. The summed E-state index contributed by atoms with van der Waals surface area (Å²) in [6, 6.07) is 12.0. The van der Waals surface area contributed by atoms with E-state index in [9.17, 15) is 19.7 Å². The van der Waals surface area contributed by atoms with Crippen molar-refractivity contribution < 1.29 is 19.2 Å². The van der Waals surface area contributed by atoms with Crippen LogP contribution in [-0.4, -0.2) is 41.3 Å². The third-order valence-electron chi connectivity index (χ3n) is 4.87. The van der Waals surface area contributed by atoms with E-state index in [1.807, 2.05) is 18.2 Å². The molecule has 0 unspecified atom stereocenters. The number of amides is 2. The second-order valence-corrected chi connectivity index (χ2v) is 6.51. The smallest absolute Gasteiger partial charge is 0.271 e. The first-order valence-corrected chi connectivity index (χ1v) is 8.59. The van der Waals surface area contributed by atoms with E-state index in [1.165, 1.54) is 28.7 Å². The number of benzene rings is 2. The van der Waals surface area contributed by atoms with Crippen molar-refractivity contribution in [3.8, 4) is 5.75 Å². The highest BCUT2D eigenvalue weighted by Crippen LogP contribution is 2.35. The van der Waals surface area contributed by atoms with Crippen LogP contribution in [0.3, 0.4) is 0 Å². The summed E-state index contributed by atoms with van der Waals surface area (Å²) in [6.07, 6.45) is 0.765. The molecule has 4 rings (SSSR count). The fourth-order valence-corrected chi connectivity index (χ4v) is 3.42. The average molecular weight is 367 g/mol. The molecule has 0 bridgehead atoms. The lowest BCUT2D eigenvalue weighted by atomic mass is 10.00. The van der Waals surface area contributed by atoms with E-state index in [0.717, 1.165) is 12.0 Å².